The second-order valence-electron chi connectivity index (χ2n) is 8.61. The topological polar surface area (TPSA) is 70.4 Å². The van der Waals surface area contributed by atoms with Crippen molar-refractivity contribution in [2.24, 2.45) is 0 Å². The molecule has 0 radical (unpaired) electrons. The number of aromatic nitrogens is 1. The maximum atomic E-state index is 11.9. The molecule has 2 aromatic carbocycles. The van der Waals surface area contributed by atoms with Crippen LogP contribution in [0.4, 0.5) is 11.4 Å². The summed E-state index contributed by atoms with van der Waals surface area (Å²) in [5.41, 5.74) is 4.42. The number of furan rings is 1. The monoisotopic (exact) mass is 516 g/mol. The molecule has 4 aromatic rings. The van der Waals surface area contributed by atoms with Crippen molar-refractivity contribution in [1.29, 1.82) is 0 Å². The van der Waals surface area contributed by atoms with E-state index < -0.39 is 0 Å². The second kappa shape index (κ2) is 10.1. The Morgan fingerprint density at radius 3 is 2.64 bits per heavy atom. The first-order valence-electron chi connectivity index (χ1n) is 11.7. The zero-order valence-corrected chi connectivity index (χ0v) is 21.4. The van der Waals surface area contributed by atoms with Crippen LogP contribution in [0.25, 0.3) is 11.3 Å². The molecule has 5 rings (SSSR count). The van der Waals surface area contributed by atoms with E-state index in [4.69, 9.17) is 28.2 Å². The highest BCUT2D eigenvalue weighted by molar-refractivity contribution is 7.80. The molecular weight excluding hydrogens is 492 g/mol. The maximum absolute atomic E-state index is 11.9. The summed E-state index contributed by atoms with van der Waals surface area (Å²) in [6.07, 6.45) is 2.19. The van der Waals surface area contributed by atoms with Gasteiger partial charge in [0.1, 0.15) is 17.6 Å². The van der Waals surface area contributed by atoms with Gasteiger partial charge < -0.3 is 20.0 Å². The molecule has 3 heterocycles. The largest absolute Gasteiger partial charge is 0.459 e. The number of aryl methyl sites for hydroxylation is 1. The quantitative estimate of drug-likeness (QED) is 0.274. The molecule has 1 saturated heterocycles. The van der Waals surface area contributed by atoms with E-state index in [1.165, 1.54) is 0 Å². The van der Waals surface area contributed by atoms with Crippen molar-refractivity contribution in [2.45, 2.75) is 32.4 Å². The van der Waals surface area contributed by atoms with E-state index >= 15 is 0 Å². The summed E-state index contributed by atoms with van der Waals surface area (Å²) >= 11 is 11.9. The molecule has 1 aliphatic heterocycles. The van der Waals surface area contributed by atoms with Gasteiger partial charge >= 0.3 is 0 Å². The Bertz CT molecular complexity index is 1400. The van der Waals surface area contributed by atoms with Crippen LogP contribution < -0.4 is 15.5 Å². The van der Waals surface area contributed by atoms with Gasteiger partial charge in [-0.2, -0.15) is 0 Å². The fraction of sp³-hybridized carbons (Fsp3) is 0.179. The van der Waals surface area contributed by atoms with Crippen LogP contribution in [-0.4, -0.2) is 16.0 Å². The molecule has 0 saturated carbocycles. The van der Waals surface area contributed by atoms with Crippen LogP contribution in [0.15, 0.2) is 83.4 Å². The number of carbonyl (C=O) groups is 1. The second-order valence-corrected chi connectivity index (χ2v) is 9.43. The molecule has 2 N–H and O–H groups in total. The number of anilines is 2. The third-order valence-electron chi connectivity index (χ3n) is 6.23. The summed E-state index contributed by atoms with van der Waals surface area (Å²) in [7, 11) is 0. The van der Waals surface area contributed by atoms with Crippen molar-refractivity contribution >= 4 is 46.2 Å². The molecule has 182 valence electrons. The molecule has 0 unspecified atom stereocenters. The van der Waals surface area contributed by atoms with Gasteiger partial charge in [0, 0.05) is 34.6 Å². The lowest BCUT2D eigenvalue weighted by atomic mass is 10.0. The van der Waals surface area contributed by atoms with Gasteiger partial charge in [-0.05, 0) is 91.4 Å². The summed E-state index contributed by atoms with van der Waals surface area (Å²) in [6, 6.07) is 22.7. The number of halogens is 1. The van der Waals surface area contributed by atoms with E-state index in [1.54, 1.807) is 6.20 Å². The van der Waals surface area contributed by atoms with Gasteiger partial charge in [0.15, 0.2) is 5.11 Å². The minimum absolute atomic E-state index is 0.0254. The van der Waals surface area contributed by atoms with E-state index in [-0.39, 0.29) is 18.0 Å². The predicted molar refractivity (Wildman–Crippen MR) is 147 cm³/mol. The van der Waals surface area contributed by atoms with Crippen LogP contribution in [0.5, 0.6) is 0 Å². The van der Waals surface area contributed by atoms with Crippen LogP contribution in [-0.2, 0) is 4.79 Å². The number of nitrogens with zero attached hydrogens (tertiary/aromatic N) is 2. The van der Waals surface area contributed by atoms with E-state index in [2.05, 4.69) is 20.5 Å². The Labute approximate surface area is 220 Å². The lowest BCUT2D eigenvalue weighted by Crippen LogP contribution is -2.29. The zero-order chi connectivity index (χ0) is 25.2. The first-order valence-corrected chi connectivity index (χ1v) is 12.5. The van der Waals surface area contributed by atoms with E-state index in [9.17, 15) is 4.79 Å². The van der Waals surface area contributed by atoms with Crippen molar-refractivity contribution in [3.8, 4) is 11.3 Å². The summed E-state index contributed by atoms with van der Waals surface area (Å²) in [5, 5.41) is 7.64. The molecular formula is C28H25ClN4O2S. The predicted octanol–water partition coefficient (Wildman–Crippen LogP) is 6.83. The van der Waals surface area contributed by atoms with Crippen LogP contribution in [0.3, 0.4) is 0 Å². The van der Waals surface area contributed by atoms with Crippen molar-refractivity contribution in [2.75, 3.05) is 10.2 Å². The molecule has 8 heteroatoms. The Morgan fingerprint density at radius 1 is 1.14 bits per heavy atom. The molecule has 2 atom stereocenters. The van der Waals surface area contributed by atoms with Gasteiger partial charge in [-0.15, -0.1) is 0 Å². The van der Waals surface area contributed by atoms with Gasteiger partial charge in [-0.1, -0.05) is 24.6 Å². The molecule has 0 aliphatic carbocycles. The third kappa shape index (κ3) is 4.72. The number of hydrogen-bond acceptors (Lipinski definition) is 4. The minimum Gasteiger partial charge on any atom is -0.459 e. The van der Waals surface area contributed by atoms with E-state index in [0.717, 1.165) is 39.7 Å². The average Bonchev–Trinajstić information content (AvgIpc) is 3.51. The Kier molecular flexibility index (Phi) is 6.76. The molecule has 1 fully saturated rings. The minimum atomic E-state index is -0.274. The van der Waals surface area contributed by atoms with Crippen molar-refractivity contribution in [3.63, 3.8) is 0 Å². The zero-order valence-electron chi connectivity index (χ0n) is 19.9. The van der Waals surface area contributed by atoms with Crippen LogP contribution >= 0.6 is 23.8 Å². The van der Waals surface area contributed by atoms with Crippen LogP contribution in [0.1, 0.15) is 42.4 Å². The smallest absolute Gasteiger partial charge is 0.224 e. The molecule has 1 amide bonds. The fourth-order valence-electron chi connectivity index (χ4n) is 4.38. The van der Waals surface area contributed by atoms with Gasteiger partial charge in [-0.3, -0.25) is 9.78 Å². The number of amides is 1. The van der Waals surface area contributed by atoms with E-state index in [1.807, 2.05) is 86.6 Å². The molecule has 36 heavy (non-hydrogen) atoms. The highest BCUT2D eigenvalue weighted by atomic mass is 35.5. The Morgan fingerprint density at radius 2 is 1.94 bits per heavy atom. The summed E-state index contributed by atoms with van der Waals surface area (Å²) in [6.45, 7) is 3.80. The number of benzene rings is 2. The summed E-state index contributed by atoms with van der Waals surface area (Å²) in [4.78, 5) is 18.6. The average molecular weight is 517 g/mol. The number of thiocarbonyl (C=S) groups is 1. The lowest BCUT2D eigenvalue weighted by Gasteiger charge is -2.26. The molecule has 0 bridgehead atoms. The summed E-state index contributed by atoms with van der Waals surface area (Å²) < 4.78 is 6.40. The van der Waals surface area contributed by atoms with Gasteiger partial charge in [0.25, 0.3) is 0 Å². The lowest BCUT2D eigenvalue weighted by molar-refractivity contribution is -0.115. The Balaban J connectivity index is 1.55. The van der Waals surface area contributed by atoms with Crippen LogP contribution in [0, 0.1) is 6.92 Å². The molecule has 0 spiro atoms. The fourth-order valence-corrected chi connectivity index (χ4v) is 4.85. The number of hydrogen-bond donors (Lipinski definition) is 2. The van der Waals surface area contributed by atoms with Crippen LogP contribution in [0.2, 0.25) is 5.02 Å². The molecule has 6 nitrogen and oxygen atoms in total. The SMILES string of the molecule is CCC(=O)Nc1ccc(N2C(=S)N[C@H](c3ccccn3)[C@H]2c2ccc(-c3ccc(Cl)cc3)o2)cc1C. The molecule has 2 aromatic heterocycles. The standard InChI is InChI=1S/C28H25ClN4O2S/c1-3-25(34)31-21-12-11-20(16-17(21)2)33-27(26(32-28(33)36)22-6-4-5-15-30-22)24-14-13-23(35-24)18-7-9-19(29)10-8-18/h4-16,26-27H,3H2,1-2H3,(H,31,34)(H,32,36)/t26-,27-/m1/s1. The van der Waals surface area contributed by atoms with Gasteiger partial charge in [-0.25, -0.2) is 0 Å². The molecule has 1 aliphatic rings. The number of carbonyl (C=O) groups excluding carboxylic acids is 1. The van der Waals surface area contributed by atoms with Crippen molar-refractivity contribution in [1.82, 2.24) is 10.3 Å². The normalized spacial score (nSPS) is 17.2. The first-order chi connectivity index (χ1) is 17.4. The van der Waals surface area contributed by atoms with Crippen molar-refractivity contribution in [3.05, 3.63) is 101 Å². The van der Waals surface area contributed by atoms with Gasteiger partial charge in [0.05, 0.1) is 11.7 Å². The Hall–Kier alpha value is -3.68. The van der Waals surface area contributed by atoms with E-state index in [0.29, 0.717) is 16.6 Å². The maximum Gasteiger partial charge on any atom is 0.224 e. The number of pyridine rings is 1. The van der Waals surface area contributed by atoms with Crippen molar-refractivity contribution < 1.29 is 9.21 Å². The number of nitrogens with one attached hydrogen (secondary N) is 2. The number of rotatable bonds is 6. The van der Waals surface area contributed by atoms with Gasteiger partial charge in [0.2, 0.25) is 5.91 Å². The third-order valence-corrected chi connectivity index (χ3v) is 6.80. The highest BCUT2D eigenvalue weighted by Crippen LogP contribution is 2.43. The summed E-state index contributed by atoms with van der Waals surface area (Å²) in [5.74, 6) is 1.47. The highest BCUT2D eigenvalue weighted by Gasteiger charge is 2.42. The first kappa shape index (κ1) is 24.0.